The first-order valence-electron chi connectivity index (χ1n) is 5.79. The molecule has 0 aromatic rings. The van der Waals surface area contributed by atoms with E-state index in [4.69, 9.17) is 14.6 Å². The highest BCUT2D eigenvalue weighted by molar-refractivity contribution is 8.00. The van der Waals surface area contributed by atoms with E-state index in [1.807, 2.05) is 0 Å². The lowest BCUT2D eigenvalue weighted by atomic mass is 10.3. The minimum atomic E-state index is -0.902. The number of carboxylic acids is 1. The molecule has 106 valence electrons. The van der Waals surface area contributed by atoms with Gasteiger partial charge in [-0.1, -0.05) is 0 Å². The molecule has 0 saturated heterocycles. The lowest BCUT2D eigenvalue weighted by Crippen LogP contribution is -2.26. The van der Waals surface area contributed by atoms with E-state index >= 15 is 0 Å². The normalized spacial score (nSPS) is 10.3. The fourth-order valence-electron chi connectivity index (χ4n) is 1.08. The highest BCUT2D eigenvalue weighted by Gasteiger charge is 2.03. The number of thioether (sulfide) groups is 1. The van der Waals surface area contributed by atoms with Gasteiger partial charge in [0.15, 0.2) is 0 Å². The van der Waals surface area contributed by atoms with Crippen LogP contribution in [-0.4, -0.2) is 62.0 Å². The number of carbonyl (C=O) groups excluding carboxylic acids is 1. The monoisotopic (exact) mass is 279 g/mol. The van der Waals surface area contributed by atoms with Gasteiger partial charge in [0.2, 0.25) is 5.91 Å². The molecule has 0 aromatic heterocycles. The van der Waals surface area contributed by atoms with E-state index in [1.54, 1.807) is 7.11 Å². The number of unbranched alkanes of at least 4 members (excludes halogenated alkanes) is 1. The van der Waals surface area contributed by atoms with Gasteiger partial charge in [-0.15, -0.1) is 11.8 Å². The standard InChI is InChI=1S/C11H21NO5S/c1-16-6-7-17-5-3-2-4-12-10(13)8-18-9-11(14)15/h2-9H2,1H3,(H,12,13)(H,14,15). The molecule has 0 aliphatic rings. The number of aliphatic carboxylic acids is 1. The number of carboxylic acid groups (broad SMARTS) is 1. The Morgan fingerprint density at radius 2 is 1.94 bits per heavy atom. The first kappa shape index (κ1) is 17.2. The van der Waals surface area contributed by atoms with Gasteiger partial charge in [0.05, 0.1) is 24.7 Å². The van der Waals surface area contributed by atoms with Gasteiger partial charge in [-0.3, -0.25) is 9.59 Å². The van der Waals surface area contributed by atoms with Crippen molar-refractivity contribution in [3.8, 4) is 0 Å². The first-order chi connectivity index (χ1) is 8.66. The van der Waals surface area contributed by atoms with Crippen molar-refractivity contribution >= 4 is 23.6 Å². The second-order valence-electron chi connectivity index (χ2n) is 3.55. The lowest BCUT2D eigenvalue weighted by Gasteiger charge is -2.05. The molecule has 18 heavy (non-hydrogen) atoms. The number of amides is 1. The summed E-state index contributed by atoms with van der Waals surface area (Å²) in [6, 6.07) is 0. The van der Waals surface area contributed by atoms with Crippen molar-refractivity contribution in [2.24, 2.45) is 0 Å². The van der Waals surface area contributed by atoms with Crippen molar-refractivity contribution in [2.45, 2.75) is 12.8 Å². The van der Waals surface area contributed by atoms with Crippen molar-refractivity contribution in [3.05, 3.63) is 0 Å². The molecule has 0 atom stereocenters. The van der Waals surface area contributed by atoms with Crippen LogP contribution in [0.3, 0.4) is 0 Å². The quantitative estimate of drug-likeness (QED) is 0.502. The maximum atomic E-state index is 11.2. The molecule has 0 aromatic carbocycles. The molecule has 0 bridgehead atoms. The first-order valence-corrected chi connectivity index (χ1v) is 6.95. The molecule has 0 spiro atoms. The van der Waals surface area contributed by atoms with Crippen LogP contribution in [0.2, 0.25) is 0 Å². The summed E-state index contributed by atoms with van der Waals surface area (Å²) in [4.78, 5) is 21.4. The number of hydrogen-bond donors (Lipinski definition) is 2. The second kappa shape index (κ2) is 12.7. The molecule has 0 unspecified atom stereocenters. The van der Waals surface area contributed by atoms with E-state index in [0.29, 0.717) is 26.4 Å². The van der Waals surface area contributed by atoms with Crippen LogP contribution in [-0.2, 0) is 19.1 Å². The Bertz CT molecular complexity index is 237. The largest absolute Gasteiger partial charge is 0.481 e. The highest BCUT2D eigenvalue weighted by Crippen LogP contribution is 1.98. The van der Waals surface area contributed by atoms with Crippen LogP contribution in [0, 0.1) is 0 Å². The van der Waals surface area contributed by atoms with Crippen molar-refractivity contribution < 1.29 is 24.2 Å². The topological polar surface area (TPSA) is 84.9 Å². The van der Waals surface area contributed by atoms with Gasteiger partial charge < -0.3 is 19.9 Å². The summed E-state index contributed by atoms with van der Waals surface area (Å²) >= 11 is 1.10. The fraction of sp³-hybridized carbons (Fsp3) is 0.818. The van der Waals surface area contributed by atoms with Gasteiger partial charge in [0.25, 0.3) is 0 Å². The van der Waals surface area contributed by atoms with Crippen molar-refractivity contribution in [3.63, 3.8) is 0 Å². The van der Waals surface area contributed by atoms with Gasteiger partial charge in [-0.25, -0.2) is 0 Å². The van der Waals surface area contributed by atoms with Gasteiger partial charge in [0.1, 0.15) is 0 Å². The Balaban J connectivity index is 3.17. The average molecular weight is 279 g/mol. The zero-order valence-electron chi connectivity index (χ0n) is 10.6. The Kier molecular flexibility index (Phi) is 12.1. The molecule has 0 radical (unpaired) electrons. The van der Waals surface area contributed by atoms with Crippen LogP contribution in [0.5, 0.6) is 0 Å². The summed E-state index contributed by atoms with van der Waals surface area (Å²) in [5.74, 6) is -0.875. The van der Waals surface area contributed by atoms with E-state index in [1.165, 1.54) is 0 Å². The van der Waals surface area contributed by atoms with Crippen LogP contribution in [0.15, 0.2) is 0 Å². The fourth-order valence-corrected chi connectivity index (χ4v) is 1.65. The Labute approximate surface area is 111 Å². The molecule has 0 saturated carbocycles. The SMILES string of the molecule is COCCOCCCCNC(=O)CSCC(=O)O. The number of rotatable bonds is 12. The maximum absolute atomic E-state index is 11.2. The third kappa shape index (κ3) is 13.3. The number of ether oxygens (including phenoxy) is 2. The third-order valence-corrected chi connectivity index (χ3v) is 2.85. The van der Waals surface area contributed by atoms with E-state index < -0.39 is 5.97 Å². The van der Waals surface area contributed by atoms with Gasteiger partial charge >= 0.3 is 5.97 Å². The maximum Gasteiger partial charge on any atom is 0.313 e. The van der Waals surface area contributed by atoms with Crippen LogP contribution >= 0.6 is 11.8 Å². The zero-order chi connectivity index (χ0) is 13.6. The van der Waals surface area contributed by atoms with E-state index in [9.17, 15) is 9.59 Å². The minimum Gasteiger partial charge on any atom is -0.481 e. The van der Waals surface area contributed by atoms with E-state index in [0.717, 1.165) is 24.6 Å². The third-order valence-electron chi connectivity index (χ3n) is 1.93. The van der Waals surface area contributed by atoms with Crippen molar-refractivity contribution in [1.82, 2.24) is 5.32 Å². The second-order valence-corrected chi connectivity index (χ2v) is 4.53. The Hall–Kier alpha value is -0.790. The molecule has 7 heteroatoms. The van der Waals surface area contributed by atoms with Crippen LogP contribution in [0.25, 0.3) is 0 Å². The molecule has 0 aliphatic carbocycles. The molecule has 0 rings (SSSR count). The summed E-state index contributed by atoms with van der Waals surface area (Å²) in [5, 5.41) is 11.1. The van der Waals surface area contributed by atoms with E-state index in [2.05, 4.69) is 5.32 Å². The summed E-state index contributed by atoms with van der Waals surface area (Å²) in [6.45, 7) is 2.44. The average Bonchev–Trinajstić information content (AvgIpc) is 2.32. The Morgan fingerprint density at radius 1 is 1.17 bits per heavy atom. The predicted octanol–water partition coefficient (Wildman–Crippen LogP) is 0.364. The highest BCUT2D eigenvalue weighted by atomic mass is 32.2. The smallest absolute Gasteiger partial charge is 0.313 e. The van der Waals surface area contributed by atoms with Crippen LogP contribution in [0.4, 0.5) is 0 Å². The zero-order valence-corrected chi connectivity index (χ0v) is 11.5. The summed E-state index contributed by atoms with van der Waals surface area (Å²) < 4.78 is 10.1. The Morgan fingerprint density at radius 3 is 2.61 bits per heavy atom. The predicted molar refractivity (Wildman–Crippen MR) is 69.9 cm³/mol. The molecule has 2 N–H and O–H groups in total. The number of methoxy groups -OCH3 is 1. The van der Waals surface area contributed by atoms with Gasteiger partial charge in [-0.05, 0) is 12.8 Å². The molecular weight excluding hydrogens is 258 g/mol. The number of hydrogen-bond acceptors (Lipinski definition) is 5. The minimum absolute atomic E-state index is 0.0409. The van der Waals surface area contributed by atoms with E-state index in [-0.39, 0.29) is 17.4 Å². The lowest BCUT2D eigenvalue weighted by molar-refractivity contribution is -0.133. The number of carbonyl (C=O) groups is 2. The summed E-state index contributed by atoms with van der Waals surface area (Å²) in [7, 11) is 1.63. The van der Waals surface area contributed by atoms with Gasteiger partial charge in [0, 0.05) is 20.3 Å². The van der Waals surface area contributed by atoms with Gasteiger partial charge in [-0.2, -0.15) is 0 Å². The summed E-state index contributed by atoms with van der Waals surface area (Å²) in [5.41, 5.74) is 0. The molecule has 1 amide bonds. The molecule has 0 fully saturated rings. The summed E-state index contributed by atoms with van der Waals surface area (Å²) in [6.07, 6.45) is 1.73. The van der Waals surface area contributed by atoms with Crippen molar-refractivity contribution in [1.29, 1.82) is 0 Å². The molecule has 0 aliphatic heterocycles. The molecule has 6 nitrogen and oxygen atoms in total. The number of nitrogens with one attached hydrogen (secondary N) is 1. The van der Waals surface area contributed by atoms with Crippen molar-refractivity contribution in [2.75, 3.05) is 45.0 Å². The molecular formula is C11H21NO5S. The van der Waals surface area contributed by atoms with Crippen LogP contribution in [0.1, 0.15) is 12.8 Å². The molecule has 0 heterocycles. The van der Waals surface area contributed by atoms with Crippen LogP contribution < -0.4 is 5.32 Å².